The maximum absolute atomic E-state index is 5.50. The molecule has 0 atom stereocenters. The third-order valence-electron chi connectivity index (χ3n) is 1.74. The van der Waals surface area contributed by atoms with Gasteiger partial charge in [0.1, 0.15) is 6.61 Å². The summed E-state index contributed by atoms with van der Waals surface area (Å²) >= 11 is 0. The highest BCUT2D eigenvalue weighted by Gasteiger charge is 1.99. The second-order valence-electron chi connectivity index (χ2n) is 2.70. The molecule has 0 aliphatic rings. The monoisotopic (exact) mass is 178 g/mol. The van der Waals surface area contributed by atoms with E-state index in [0.29, 0.717) is 19.0 Å². The highest BCUT2D eigenvalue weighted by Crippen LogP contribution is 2.11. The number of rotatable bonds is 4. The summed E-state index contributed by atoms with van der Waals surface area (Å²) in [6, 6.07) is 3.75. The van der Waals surface area contributed by atoms with Crippen LogP contribution in [0.1, 0.15) is 11.3 Å². The minimum atomic E-state index is 0.481. The van der Waals surface area contributed by atoms with Crippen LogP contribution in [0.4, 0.5) is 0 Å². The van der Waals surface area contributed by atoms with E-state index in [1.165, 1.54) is 0 Å². The summed E-state index contributed by atoms with van der Waals surface area (Å²) < 4.78 is 5.27. The fourth-order valence-corrected chi connectivity index (χ4v) is 1.01. The van der Waals surface area contributed by atoms with Crippen LogP contribution < -0.4 is 10.5 Å². The molecule has 0 aliphatic carbocycles. The molecule has 0 radical (unpaired) electrons. The number of ether oxygens (including phenoxy) is 1. The zero-order valence-electron chi connectivity index (χ0n) is 7.79. The second kappa shape index (κ2) is 4.62. The molecule has 1 aromatic rings. The lowest BCUT2D eigenvalue weighted by atomic mass is 10.2. The Hall–Kier alpha value is -1.35. The molecule has 3 nitrogen and oxygen atoms in total. The van der Waals surface area contributed by atoms with E-state index in [4.69, 9.17) is 10.5 Å². The third kappa shape index (κ3) is 2.56. The molecule has 2 N–H and O–H groups in total. The van der Waals surface area contributed by atoms with Crippen molar-refractivity contribution in [1.82, 2.24) is 4.98 Å². The standard InChI is InChI=1S/C10H14N2O/c1-3-6-13-10-5-4-9(7-11)8(2)12-10/h3-5H,1,6-7,11H2,2H3. The first-order chi connectivity index (χ1) is 6.27. The highest BCUT2D eigenvalue weighted by atomic mass is 16.5. The van der Waals surface area contributed by atoms with Crippen molar-refractivity contribution in [1.29, 1.82) is 0 Å². The summed E-state index contributed by atoms with van der Waals surface area (Å²) in [4.78, 5) is 4.23. The predicted octanol–water partition coefficient (Wildman–Crippen LogP) is 1.41. The van der Waals surface area contributed by atoms with Crippen LogP contribution in [0.2, 0.25) is 0 Å². The summed E-state index contributed by atoms with van der Waals surface area (Å²) in [6.45, 7) is 6.47. The zero-order valence-corrected chi connectivity index (χ0v) is 7.79. The molecule has 0 amide bonds. The number of pyridine rings is 1. The summed E-state index contributed by atoms with van der Waals surface area (Å²) in [5.41, 5.74) is 7.47. The highest BCUT2D eigenvalue weighted by molar-refractivity contribution is 5.24. The van der Waals surface area contributed by atoms with E-state index in [2.05, 4.69) is 11.6 Å². The molecule has 70 valence electrons. The van der Waals surface area contributed by atoms with Gasteiger partial charge in [0.25, 0.3) is 0 Å². The van der Waals surface area contributed by atoms with Gasteiger partial charge in [-0.15, -0.1) is 0 Å². The van der Waals surface area contributed by atoms with E-state index in [1.807, 2.05) is 19.1 Å². The Labute approximate surface area is 78.2 Å². The molecule has 1 heterocycles. The summed E-state index contributed by atoms with van der Waals surface area (Å²) in [7, 11) is 0. The average molecular weight is 178 g/mol. The van der Waals surface area contributed by atoms with Gasteiger partial charge in [-0.2, -0.15) is 0 Å². The largest absolute Gasteiger partial charge is 0.473 e. The lowest BCUT2D eigenvalue weighted by molar-refractivity contribution is 0.348. The SMILES string of the molecule is C=CCOc1ccc(CN)c(C)n1. The lowest BCUT2D eigenvalue weighted by Crippen LogP contribution is -2.03. The van der Waals surface area contributed by atoms with Gasteiger partial charge in [-0.1, -0.05) is 18.7 Å². The van der Waals surface area contributed by atoms with Crippen molar-refractivity contribution in [2.24, 2.45) is 5.73 Å². The van der Waals surface area contributed by atoms with Gasteiger partial charge >= 0.3 is 0 Å². The van der Waals surface area contributed by atoms with Crippen molar-refractivity contribution >= 4 is 0 Å². The van der Waals surface area contributed by atoms with E-state index in [9.17, 15) is 0 Å². The van der Waals surface area contributed by atoms with Crippen LogP contribution in [0.25, 0.3) is 0 Å². The Balaban J connectivity index is 2.76. The molecule has 0 spiro atoms. The lowest BCUT2D eigenvalue weighted by Gasteiger charge is -2.05. The maximum Gasteiger partial charge on any atom is 0.213 e. The van der Waals surface area contributed by atoms with Crippen LogP contribution in [0.15, 0.2) is 24.8 Å². The van der Waals surface area contributed by atoms with Crippen LogP contribution in [0, 0.1) is 6.92 Å². The Kier molecular flexibility index (Phi) is 3.46. The minimum Gasteiger partial charge on any atom is -0.473 e. The third-order valence-corrected chi connectivity index (χ3v) is 1.74. The zero-order chi connectivity index (χ0) is 9.68. The molecule has 1 rings (SSSR count). The molecule has 0 bridgehead atoms. The Bertz CT molecular complexity index is 297. The van der Waals surface area contributed by atoms with E-state index in [1.54, 1.807) is 6.08 Å². The van der Waals surface area contributed by atoms with Gasteiger partial charge in [0.05, 0.1) is 0 Å². The first kappa shape index (κ1) is 9.74. The van der Waals surface area contributed by atoms with Crippen LogP contribution in [-0.2, 0) is 6.54 Å². The van der Waals surface area contributed by atoms with E-state index in [-0.39, 0.29) is 0 Å². The topological polar surface area (TPSA) is 48.1 Å². The van der Waals surface area contributed by atoms with Gasteiger partial charge < -0.3 is 10.5 Å². The smallest absolute Gasteiger partial charge is 0.213 e. The van der Waals surface area contributed by atoms with Gasteiger partial charge in [-0.25, -0.2) is 4.98 Å². The molecule has 1 aromatic heterocycles. The fraction of sp³-hybridized carbons (Fsp3) is 0.300. The number of aryl methyl sites for hydroxylation is 1. The van der Waals surface area contributed by atoms with Crippen molar-refractivity contribution in [3.8, 4) is 5.88 Å². The van der Waals surface area contributed by atoms with E-state index >= 15 is 0 Å². The fourth-order valence-electron chi connectivity index (χ4n) is 1.01. The molecule has 13 heavy (non-hydrogen) atoms. The van der Waals surface area contributed by atoms with E-state index < -0.39 is 0 Å². The molecule has 0 unspecified atom stereocenters. The first-order valence-electron chi connectivity index (χ1n) is 4.18. The molecular formula is C10H14N2O. The Morgan fingerprint density at radius 3 is 2.92 bits per heavy atom. The minimum absolute atomic E-state index is 0.481. The first-order valence-corrected chi connectivity index (χ1v) is 4.18. The molecule has 0 aliphatic heterocycles. The summed E-state index contributed by atoms with van der Waals surface area (Å²) in [5.74, 6) is 0.620. The molecule has 3 heteroatoms. The van der Waals surface area contributed by atoms with Crippen molar-refractivity contribution in [2.75, 3.05) is 6.61 Å². The predicted molar refractivity (Wildman–Crippen MR) is 52.6 cm³/mol. The molecule has 0 saturated carbocycles. The van der Waals surface area contributed by atoms with Crippen LogP contribution in [0.3, 0.4) is 0 Å². The van der Waals surface area contributed by atoms with Gasteiger partial charge in [0.2, 0.25) is 5.88 Å². The van der Waals surface area contributed by atoms with Crippen LogP contribution in [-0.4, -0.2) is 11.6 Å². The number of hydrogen-bond donors (Lipinski definition) is 1. The van der Waals surface area contributed by atoms with Gasteiger partial charge in [0, 0.05) is 18.3 Å². The Morgan fingerprint density at radius 1 is 1.62 bits per heavy atom. The van der Waals surface area contributed by atoms with Crippen molar-refractivity contribution in [2.45, 2.75) is 13.5 Å². The van der Waals surface area contributed by atoms with Crippen molar-refractivity contribution in [3.05, 3.63) is 36.0 Å². The summed E-state index contributed by atoms with van der Waals surface area (Å²) in [6.07, 6.45) is 1.69. The van der Waals surface area contributed by atoms with E-state index in [0.717, 1.165) is 11.3 Å². The number of nitrogens with two attached hydrogens (primary N) is 1. The molecular weight excluding hydrogens is 164 g/mol. The molecule has 0 fully saturated rings. The Morgan fingerprint density at radius 2 is 2.38 bits per heavy atom. The van der Waals surface area contributed by atoms with Crippen molar-refractivity contribution in [3.63, 3.8) is 0 Å². The number of aromatic nitrogens is 1. The van der Waals surface area contributed by atoms with Crippen LogP contribution >= 0.6 is 0 Å². The normalized spacial score (nSPS) is 9.69. The van der Waals surface area contributed by atoms with Gasteiger partial charge in [-0.3, -0.25) is 0 Å². The molecule has 0 aromatic carbocycles. The van der Waals surface area contributed by atoms with Crippen LogP contribution in [0.5, 0.6) is 5.88 Å². The quantitative estimate of drug-likeness (QED) is 0.709. The average Bonchev–Trinajstić information content (AvgIpc) is 2.15. The van der Waals surface area contributed by atoms with Gasteiger partial charge in [0.15, 0.2) is 0 Å². The number of nitrogens with zero attached hydrogens (tertiary/aromatic N) is 1. The maximum atomic E-state index is 5.50. The molecule has 0 saturated heterocycles. The number of hydrogen-bond acceptors (Lipinski definition) is 3. The van der Waals surface area contributed by atoms with Gasteiger partial charge in [-0.05, 0) is 12.5 Å². The summed E-state index contributed by atoms with van der Waals surface area (Å²) in [5, 5.41) is 0. The van der Waals surface area contributed by atoms with Crippen molar-refractivity contribution < 1.29 is 4.74 Å². The second-order valence-corrected chi connectivity index (χ2v) is 2.70.